The molecule has 0 bridgehead atoms. The van der Waals surface area contributed by atoms with Gasteiger partial charge in [-0.05, 0) is 6.08 Å². The summed E-state index contributed by atoms with van der Waals surface area (Å²) in [6, 6.07) is 0. The molecule has 0 aromatic rings. The Bertz CT molecular complexity index is 281. The van der Waals surface area contributed by atoms with Crippen LogP contribution in [0.4, 0.5) is 0 Å². The van der Waals surface area contributed by atoms with Gasteiger partial charge in [0.15, 0.2) is 0 Å². The van der Waals surface area contributed by atoms with Crippen LogP contribution in [0, 0.1) is 0 Å². The Morgan fingerprint density at radius 2 is 1.92 bits per heavy atom. The van der Waals surface area contributed by atoms with Crippen LogP contribution < -0.4 is 27.8 Å². The highest BCUT2D eigenvalue weighted by atomic mass is 16.1. The number of nitrogens with one attached hydrogen (secondary N) is 2. The molecule has 1 amide bonds. The topological polar surface area (TPSA) is 119 Å². The first kappa shape index (κ1) is 9.24. The minimum Gasteiger partial charge on any atom is -0.394 e. The van der Waals surface area contributed by atoms with Crippen molar-refractivity contribution in [1.82, 2.24) is 10.6 Å². The van der Waals surface area contributed by atoms with Crippen LogP contribution in [0.3, 0.4) is 0 Å². The second-order valence-electron chi connectivity index (χ2n) is 2.64. The van der Waals surface area contributed by atoms with Crippen molar-refractivity contribution in [1.29, 1.82) is 0 Å². The van der Waals surface area contributed by atoms with Gasteiger partial charge in [-0.1, -0.05) is 0 Å². The molecule has 1 rings (SSSR count). The zero-order valence-corrected chi connectivity index (χ0v) is 7.13. The van der Waals surface area contributed by atoms with E-state index in [2.05, 4.69) is 10.6 Å². The Hall–Kier alpha value is -1.85. The fourth-order valence-electron chi connectivity index (χ4n) is 0.940. The van der Waals surface area contributed by atoms with Crippen molar-refractivity contribution in [3.63, 3.8) is 0 Å². The van der Waals surface area contributed by atoms with E-state index in [1.165, 1.54) is 6.08 Å². The molecule has 0 aliphatic carbocycles. The molecule has 1 aliphatic heterocycles. The van der Waals surface area contributed by atoms with E-state index in [0.717, 1.165) is 13.1 Å². The average Bonchev–Trinajstić information content (AvgIpc) is 2.08. The first-order valence-electron chi connectivity index (χ1n) is 3.85. The van der Waals surface area contributed by atoms with Crippen molar-refractivity contribution < 1.29 is 4.79 Å². The number of allylic oxidation sites excluding steroid dienone is 1. The number of carbonyl (C=O) groups excluding carboxylic acids is 1. The first-order chi connectivity index (χ1) is 6.11. The summed E-state index contributed by atoms with van der Waals surface area (Å²) in [7, 11) is 0. The van der Waals surface area contributed by atoms with E-state index in [1.807, 2.05) is 0 Å². The fraction of sp³-hybridized carbons (Fsp3) is 0.286. The predicted octanol–water partition coefficient (Wildman–Crippen LogP) is -2.37. The number of amides is 1. The van der Waals surface area contributed by atoms with E-state index in [-0.39, 0.29) is 5.70 Å². The molecular weight excluding hydrogens is 170 g/mol. The summed E-state index contributed by atoms with van der Waals surface area (Å²) in [6.45, 7) is 1.48. The monoisotopic (exact) mass is 183 g/mol. The molecular formula is C7H13N5O. The van der Waals surface area contributed by atoms with Gasteiger partial charge in [-0.15, -0.1) is 0 Å². The van der Waals surface area contributed by atoms with Crippen LogP contribution in [0.15, 0.2) is 23.3 Å². The second-order valence-corrected chi connectivity index (χ2v) is 2.64. The molecule has 0 aromatic heterocycles. The van der Waals surface area contributed by atoms with Crippen molar-refractivity contribution in [3.05, 3.63) is 23.3 Å². The summed E-state index contributed by atoms with van der Waals surface area (Å²) in [5.41, 5.74) is 16.5. The van der Waals surface area contributed by atoms with Crippen LogP contribution >= 0.6 is 0 Å². The maximum atomic E-state index is 10.6. The highest BCUT2D eigenvalue weighted by Crippen LogP contribution is 1.99. The number of hydrogen-bond acceptors (Lipinski definition) is 5. The minimum atomic E-state index is -0.660. The summed E-state index contributed by atoms with van der Waals surface area (Å²) in [4.78, 5) is 10.6. The summed E-state index contributed by atoms with van der Waals surface area (Å²) in [6.07, 6.45) is 1.42. The predicted molar refractivity (Wildman–Crippen MR) is 48.7 cm³/mol. The lowest BCUT2D eigenvalue weighted by Crippen LogP contribution is -2.38. The SMILES string of the molecule is NC(=O)/C(N)=C/C1=C(N)NCCN1. The second kappa shape index (κ2) is 3.70. The molecule has 1 aliphatic rings. The average molecular weight is 183 g/mol. The lowest BCUT2D eigenvalue weighted by molar-refractivity contribution is -0.114. The maximum absolute atomic E-state index is 10.6. The third-order valence-electron chi connectivity index (χ3n) is 1.63. The van der Waals surface area contributed by atoms with Crippen molar-refractivity contribution >= 4 is 5.91 Å². The van der Waals surface area contributed by atoms with E-state index >= 15 is 0 Å². The van der Waals surface area contributed by atoms with Gasteiger partial charge in [-0.2, -0.15) is 0 Å². The fourth-order valence-corrected chi connectivity index (χ4v) is 0.940. The van der Waals surface area contributed by atoms with Gasteiger partial charge in [-0.25, -0.2) is 0 Å². The van der Waals surface area contributed by atoms with Gasteiger partial charge in [0.05, 0.1) is 11.4 Å². The Kier molecular flexibility index (Phi) is 2.63. The molecule has 0 fully saturated rings. The van der Waals surface area contributed by atoms with E-state index in [4.69, 9.17) is 17.2 Å². The smallest absolute Gasteiger partial charge is 0.264 e. The van der Waals surface area contributed by atoms with Crippen LogP contribution in [0.2, 0.25) is 0 Å². The summed E-state index contributed by atoms with van der Waals surface area (Å²) < 4.78 is 0. The maximum Gasteiger partial charge on any atom is 0.264 e. The Labute approximate surface area is 75.8 Å². The molecule has 0 spiro atoms. The van der Waals surface area contributed by atoms with Crippen molar-refractivity contribution in [2.75, 3.05) is 13.1 Å². The normalized spacial score (nSPS) is 17.7. The van der Waals surface area contributed by atoms with Crippen LogP contribution in [0.1, 0.15) is 0 Å². The molecule has 0 saturated heterocycles. The molecule has 72 valence electrons. The van der Waals surface area contributed by atoms with Gasteiger partial charge in [0.1, 0.15) is 5.82 Å². The van der Waals surface area contributed by atoms with E-state index in [0.29, 0.717) is 11.5 Å². The van der Waals surface area contributed by atoms with E-state index in [9.17, 15) is 4.79 Å². The number of nitrogens with two attached hydrogens (primary N) is 3. The number of hydrogen-bond donors (Lipinski definition) is 5. The Morgan fingerprint density at radius 3 is 2.46 bits per heavy atom. The third-order valence-corrected chi connectivity index (χ3v) is 1.63. The third kappa shape index (κ3) is 2.29. The van der Waals surface area contributed by atoms with Gasteiger partial charge < -0.3 is 27.8 Å². The Balaban J connectivity index is 2.82. The number of rotatable bonds is 2. The minimum absolute atomic E-state index is 0.0193. The quantitative estimate of drug-likeness (QED) is 0.307. The van der Waals surface area contributed by atoms with Gasteiger partial charge >= 0.3 is 0 Å². The van der Waals surface area contributed by atoms with Crippen LogP contribution in [-0.2, 0) is 4.79 Å². The van der Waals surface area contributed by atoms with Crippen molar-refractivity contribution in [3.8, 4) is 0 Å². The molecule has 0 radical (unpaired) electrons. The number of carbonyl (C=O) groups is 1. The van der Waals surface area contributed by atoms with Crippen LogP contribution in [-0.4, -0.2) is 19.0 Å². The first-order valence-corrected chi connectivity index (χ1v) is 3.85. The standard InChI is InChI=1S/C7H13N5O/c8-4(7(10)13)3-5-6(9)12-2-1-11-5/h3,11-12H,1-2,8-9H2,(H2,10,13)/b4-3-. The summed E-state index contributed by atoms with van der Waals surface area (Å²) in [5.74, 6) is -0.192. The van der Waals surface area contributed by atoms with Crippen LogP contribution in [0.5, 0.6) is 0 Å². The zero-order valence-electron chi connectivity index (χ0n) is 7.13. The molecule has 13 heavy (non-hydrogen) atoms. The lowest BCUT2D eigenvalue weighted by atomic mass is 10.3. The highest BCUT2D eigenvalue weighted by molar-refractivity contribution is 5.91. The van der Waals surface area contributed by atoms with Crippen molar-refractivity contribution in [2.45, 2.75) is 0 Å². The molecule has 0 aromatic carbocycles. The lowest BCUT2D eigenvalue weighted by Gasteiger charge is -2.18. The molecule has 8 N–H and O–H groups in total. The zero-order chi connectivity index (χ0) is 9.84. The van der Waals surface area contributed by atoms with Crippen molar-refractivity contribution in [2.24, 2.45) is 17.2 Å². The van der Waals surface area contributed by atoms with E-state index < -0.39 is 5.91 Å². The largest absolute Gasteiger partial charge is 0.394 e. The van der Waals surface area contributed by atoms with Crippen LogP contribution in [0.25, 0.3) is 0 Å². The Morgan fingerprint density at radius 1 is 1.31 bits per heavy atom. The molecule has 1 heterocycles. The van der Waals surface area contributed by atoms with Gasteiger partial charge in [0, 0.05) is 13.1 Å². The van der Waals surface area contributed by atoms with Gasteiger partial charge in [0.25, 0.3) is 5.91 Å². The molecule has 0 atom stereocenters. The van der Waals surface area contributed by atoms with Gasteiger partial charge in [0.2, 0.25) is 0 Å². The molecule has 6 heteroatoms. The summed E-state index contributed by atoms with van der Waals surface area (Å²) in [5, 5.41) is 5.90. The molecule has 6 nitrogen and oxygen atoms in total. The highest BCUT2D eigenvalue weighted by Gasteiger charge is 2.07. The molecule has 0 unspecified atom stereocenters. The van der Waals surface area contributed by atoms with Gasteiger partial charge in [-0.3, -0.25) is 4.79 Å². The molecule has 0 saturated carbocycles. The number of primary amides is 1. The summed E-state index contributed by atoms with van der Waals surface area (Å²) >= 11 is 0. The van der Waals surface area contributed by atoms with E-state index in [1.54, 1.807) is 0 Å².